The fourth-order valence-corrected chi connectivity index (χ4v) is 5.48. The molecule has 10 heteroatoms. The number of hydrogen-bond acceptors (Lipinski definition) is 5. The predicted molar refractivity (Wildman–Crippen MR) is 121 cm³/mol. The van der Waals surface area contributed by atoms with Crippen LogP contribution in [0.1, 0.15) is 31.4 Å². The third-order valence-electron chi connectivity index (χ3n) is 4.82. The van der Waals surface area contributed by atoms with E-state index in [2.05, 4.69) is 10.0 Å². The van der Waals surface area contributed by atoms with Crippen LogP contribution in [0.25, 0.3) is 0 Å². The van der Waals surface area contributed by atoms with Gasteiger partial charge in [-0.1, -0.05) is 12.1 Å². The fourth-order valence-electron chi connectivity index (χ4n) is 2.75. The van der Waals surface area contributed by atoms with Crippen LogP contribution in [0.15, 0.2) is 52.3 Å². The van der Waals surface area contributed by atoms with Crippen molar-refractivity contribution in [3.05, 3.63) is 53.6 Å². The van der Waals surface area contributed by atoms with Gasteiger partial charge in [0.05, 0.1) is 9.79 Å². The zero-order chi connectivity index (χ0) is 23.4. The van der Waals surface area contributed by atoms with Crippen LogP contribution in [-0.4, -0.2) is 46.7 Å². The Kier molecular flexibility index (Phi) is 7.98. The van der Waals surface area contributed by atoms with Crippen molar-refractivity contribution in [1.82, 2.24) is 9.03 Å². The highest BCUT2D eigenvalue weighted by molar-refractivity contribution is 7.89. The molecule has 0 spiro atoms. The molecule has 0 aliphatic carbocycles. The van der Waals surface area contributed by atoms with Gasteiger partial charge in [0.25, 0.3) is 0 Å². The molecule has 0 unspecified atom stereocenters. The van der Waals surface area contributed by atoms with E-state index < -0.39 is 26.0 Å². The quantitative estimate of drug-likeness (QED) is 0.589. The number of carbonyl (C=O) groups excluding carboxylic acids is 1. The molecular formula is C21H29N3O5S2. The Balaban J connectivity index is 1.95. The topological polar surface area (TPSA) is 113 Å². The lowest BCUT2D eigenvalue weighted by molar-refractivity contribution is -0.116. The Morgan fingerprint density at radius 3 is 2.19 bits per heavy atom. The first-order valence-electron chi connectivity index (χ1n) is 9.79. The van der Waals surface area contributed by atoms with E-state index in [1.54, 1.807) is 32.9 Å². The molecule has 0 aliphatic rings. The van der Waals surface area contributed by atoms with E-state index in [1.807, 2.05) is 13.0 Å². The molecule has 2 aromatic rings. The zero-order valence-corrected chi connectivity index (χ0v) is 20.0. The highest BCUT2D eigenvalue weighted by Gasteiger charge is 2.23. The maximum absolute atomic E-state index is 12.5. The molecule has 31 heavy (non-hydrogen) atoms. The van der Waals surface area contributed by atoms with Crippen molar-refractivity contribution in [2.24, 2.45) is 0 Å². The smallest absolute Gasteiger partial charge is 0.243 e. The van der Waals surface area contributed by atoms with Gasteiger partial charge in [-0.25, -0.2) is 21.6 Å². The van der Waals surface area contributed by atoms with Gasteiger partial charge in [0, 0.05) is 31.7 Å². The number of sulfonamides is 2. The summed E-state index contributed by atoms with van der Waals surface area (Å²) in [6, 6.07) is 10.8. The van der Waals surface area contributed by atoms with Crippen LogP contribution in [0.4, 0.5) is 5.69 Å². The molecule has 0 radical (unpaired) electrons. The number of benzene rings is 2. The van der Waals surface area contributed by atoms with Gasteiger partial charge in [0.15, 0.2) is 0 Å². The molecule has 0 saturated carbocycles. The maximum Gasteiger partial charge on any atom is 0.243 e. The number of aryl methyl sites for hydroxylation is 2. The van der Waals surface area contributed by atoms with Gasteiger partial charge in [-0.3, -0.25) is 4.79 Å². The molecule has 0 fully saturated rings. The van der Waals surface area contributed by atoms with E-state index in [4.69, 9.17) is 0 Å². The molecule has 170 valence electrons. The summed E-state index contributed by atoms with van der Waals surface area (Å²) in [5, 5.41) is 2.64. The van der Waals surface area contributed by atoms with Gasteiger partial charge in [-0.15, -0.1) is 0 Å². The number of anilines is 1. The Labute approximate surface area is 184 Å². The molecule has 0 heterocycles. The second-order valence-corrected chi connectivity index (χ2v) is 11.3. The van der Waals surface area contributed by atoms with Crippen LogP contribution < -0.4 is 10.0 Å². The number of nitrogens with one attached hydrogen (secondary N) is 2. The van der Waals surface area contributed by atoms with Gasteiger partial charge in [-0.05, 0) is 69.2 Å². The van der Waals surface area contributed by atoms with Crippen molar-refractivity contribution in [2.75, 3.05) is 18.9 Å². The summed E-state index contributed by atoms with van der Waals surface area (Å²) in [5.74, 6) is -0.390. The van der Waals surface area contributed by atoms with Crippen molar-refractivity contribution in [2.45, 2.75) is 49.9 Å². The van der Waals surface area contributed by atoms with E-state index in [0.717, 1.165) is 5.56 Å². The number of hydrogen-bond donors (Lipinski definition) is 2. The zero-order valence-electron chi connectivity index (χ0n) is 18.3. The lowest BCUT2D eigenvalue weighted by atomic mass is 10.2. The van der Waals surface area contributed by atoms with Crippen molar-refractivity contribution in [3.63, 3.8) is 0 Å². The molecule has 0 aromatic heterocycles. The third-order valence-corrected chi connectivity index (χ3v) is 8.47. The highest BCUT2D eigenvalue weighted by Crippen LogP contribution is 2.19. The number of carbonyl (C=O) groups is 1. The second-order valence-electron chi connectivity index (χ2n) is 7.60. The minimum absolute atomic E-state index is 0.0623. The molecule has 0 aliphatic heterocycles. The Hall–Kier alpha value is -2.27. The lowest BCUT2D eigenvalue weighted by Gasteiger charge is -2.21. The van der Waals surface area contributed by atoms with E-state index in [9.17, 15) is 21.6 Å². The molecule has 8 nitrogen and oxygen atoms in total. The van der Waals surface area contributed by atoms with E-state index in [0.29, 0.717) is 11.3 Å². The first kappa shape index (κ1) is 25.0. The molecule has 2 aromatic carbocycles. The number of rotatable bonds is 9. The highest BCUT2D eigenvalue weighted by atomic mass is 32.2. The van der Waals surface area contributed by atoms with Crippen molar-refractivity contribution in [3.8, 4) is 0 Å². The molecule has 0 saturated heterocycles. The first-order valence-corrected chi connectivity index (χ1v) is 12.7. The molecule has 1 amide bonds. The van der Waals surface area contributed by atoms with Gasteiger partial charge >= 0.3 is 0 Å². The summed E-state index contributed by atoms with van der Waals surface area (Å²) < 4.78 is 53.6. The summed E-state index contributed by atoms with van der Waals surface area (Å²) in [5.41, 5.74) is 1.88. The summed E-state index contributed by atoms with van der Waals surface area (Å²) in [7, 11) is -5.81. The maximum atomic E-state index is 12.5. The Morgan fingerprint density at radius 1 is 1.00 bits per heavy atom. The average Bonchev–Trinajstić information content (AvgIpc) is 2.69. The molecule has 2 rings (SSSR count). The van der Waals surface area contributed by atoms with E-state index >= 15 is 0 Å². The van der Waals surface area contributed by atoms with Crippen LogP contribution >= 0.6 is 0 Å². The van der Waals surface area contributed by atoms with Crippen LogP contribution in [0.2, 0.25) is 0 Å². The Bertz CT molecular complexity index is 1140. The summed E-state index contributed by atoms with van der Waals surface area (Å²) in [6.45, 7) is 7.02. The minimum atomic E-state index is -3.72. The summed E-state index contributed by atoms with van der Waals surface area (Å²) >= 11 is 0. The predicted octanol–water partition coefficient (Wildman–Crippen LogP) is 2.64. The number of amides is 1. The van der Waals surface area contributed by atoms with Crippen molar-refractivity contribution >= 4 is 31.6 Å². The third kappa shape index (κ3) is 6.36. The first-order chi connectivity index (χ1) is 14.3. The van der Waals surface area contributed by atoms with E-state index in [1.165, 1.54) is 35.6 Å². The molecule has 0 bridgehead atoms. The van der Waals surface area contributed by atoms with Crippen molar-refractivity contribution in [1.29, 1.82) is 0 Å². The van der Waals surface area contributed by atoms with Gasteiger partial charge in [0.1, 0.15) is 0 Å². The normalized spacial score (nSPS) is 12.4. The minimum Gasteiger partial charge on any atom is -0.326 e. The van der Waals surface area contributed by atoms with Gasteiger partial charge < -0.3 is 5.32 Å². The summed E-state index contributed by atoms with van der Waals surface area (Å²) in [6.07, 6.45) is -0.0692. The fraction of sp³-hybridized carbons (Fsp3) is 0.381. The largest absolute Gasteiger partial charge is 0.326 e. The van der Waals surface area contributed by atoms with Crippen LogP contribution in [-0.2, 0) is 24.8 Å². The van der Waals surface area contributed by atoms with Crippen LogP contribution in [0.5, 0.6) is 0 Å². The van der Waals surface area contributed by atoms with Crippen LogP contribution in [0, 0.1) is 13.8 Å². The summed E-state index contributed by atoms with van der Waals surface area (Å²) in [4.78, 5) is 12.5. The SMILES string of the molecule is Cc1ccc(C)c(S(=O)(=O)NCCC(=O)Nc2ccc(S(=O)(=O)N(C)C(C)C)cc2)c1. The van der Waals surface area contributed by atoms with Gasteiger partial charge in [0.2, 0.25) is 26.0 Å². The second kappa shape index (κ2) is 9.90. The number of nitrogens with zero attached hydrogens (tertiary/aromatic N) is 1. The van der Waals surface area contributed by atoms with Crippen molar-refractivity contribution < 1.29 is 21.6 Å². The average molecular weight is 468 g/mol. The molecule has 0 atom stereocenters. The lowest BCUT2D eigenvalue weighted by Crippen LogP contribution is -2.33. The monoisotopic (exact) mass is 467 g/mol. The Morgan fingerprint density at radius 2 is 1.61 bits per heavy atom. The molecule has 2 N–H and O–H groups in total. The van der Waals surface area contributed by atoms with Crippen LogP contribution in [0.3, 0.4) is 0 Å². The van der Waals surface area contributed by atoms with Gasteiger partial charge in [-0.2, -0.15) is 4.31 Å². The molecular weight excluding hydrogens is 438 g/mol. The standard InChI is InChI=1S/C21H29N3O5S2/c1-15(2)24(5)31(28,29)19-10-8-18(9-11-19)23-21(25)12-13-22-30(26,27)20-14-16(3)6-7-17(20)4/h6-11,14-15,22H,12-13H2,1-5H3,(H,23,25). The van der Waals surface area contributed by atoms with E-state index in [-0.39, 0.29) is 28.8 Å².